The Morgan fingerprint density at radius 1 is 0.900 bits per heavy atom. The molecule has 1 heteroatoms. The van der Waals surface area contributed by atoms with Crippen LogP contribution in [0.1, 0.15) is 19.4 Å². The standard InChI is InChI=1S/C19H21N/c1-14-12-15(2)20-19(14)13-16-8-10-18(11-9-16)17-6-4-3-5-7-17/h3-12,15,19-20H,13H2,1-2H3/t15-,19+/m0/s1. The Morgan fingerprint density at radius 2 is 1.55 bits per heavy atom. The number of hydrogen-bond donors (Lipinski definition) is 1. The summed E-state index contributed by atoms with van der Waals surface area (Å²) in [5.74, 6) is 0. The molecule has 1 nitrogen and oxygen atoms in total. The minimum Gasteiger partial charge on any atom is -0.304 e. The van der Waals surface area contributed by atoms with Crippen LogP contribution in [0.2, 0.25) is 0 Å². The highest BCUT2D eigenvalue weighted by Gasteiger charge is 2.19. The van der Waals surface area contributed by atoms with Gasteiger partial charge in [0, 0.05) is 12.1 Å². The van der Waals surface area contributed by atoms with E-state index in [1.54, 1.807) is 0 Å². The first kappa shape index (κ1) is 13.1. The topological polar surface area (TPSA) is 12.0 Å². The lowest BCUT2D eigenvalue weighted by molar-refractivity contribution is 0.576. The highest BCUT2D eigenvalue weighted by molar-refractivity contribution is 5.63. The largest absolute Gasteiger partial charge is 0.304 e. The number of hydrogen-bond acceptors (Lipinski definition) is 1. The maximum atomic E-state index is 3.61. The van der Waals surface area contributed by atoms with Crippen molar-refractivity contribution in [3.8, 4) is 11.1 Å². The maximum absolute atomic E-state index is 3.61. The van der Waals surface area contributed by atoms with Crippen LogP contribution in [0, 0.1) is 0 Å². The number of benzene rings is 2. The molecule has 20 heavy (non-hydrogen) atoms. The van der Waals surface area contributed by atoms with Crippen LogP contribution in [-0.2, 0) is 6.42 Å². The lowest BCUT2D eigenvalue weighted by Gasteiger charge is -2.15. The van der Waals surface area contributed by atoms with Crippen LogP contribution in [0.15, 0.2) is 66.2 Å². The fraction of sp³-hybridized carbons (Fsp3) is 0.263. The van der Waals surface area contributed by atoms with Crippen molar-refractivity contribution < 1.29 is 0 Å². The van der Waals surface area contributed by atoms with Crippen molar-refractivity contribution in [2.45, 2.75) is 32.4 Å². The van der Waals surface area contributed by atoms with E-state index >= 15 is 0 Å². The molecule has 2 aromatic rings. The second-order valence-corrected chi connectivity index (χ2v) is 5.69. The van der Waals surface area contributed by atoms with Crippen LogP contribution in [-0.4, -0.2) is 12.1 Å². The molecule has 0 saturated heterocycles. The molecule has 0 amide bonds. The lowest BCUT2D eigenvalue weighted by Crippen LogP contribution is -2.31. The van der Waals surface area contributed by atoms with E-state index in [0.717, 1.165) is 6.42 Å². The van der Waals surface area contributed by atoms with Crippen LogP contribution in [0.3, 0.4) is 0 Å². The molecule has 1 aliphatic rings. The molecule has 0 saturated carbocycles. The molecular formula is C19H21N. The monoisotopic (exact) mass is 263 g/mol. The van der Waals surface area contributed by atoms with Crippen LogP contribution in [0.5, 0.6) is 0 Å². The molecule has 2 aromatic carbocycles. The SMILES string of the molecule is CC1=C[C@H](C)N[C@@H]1Cc1ccc(-c2ccccc2)cc1. The van der Waals surface area contributed by atoms with Crippen molar-refractivity contribution in [1.82, 2.24) is 5.32 Å². The van der Waals surface area contributed by atoms with Gasteiger partial charge in [0.1, 0.15) is 0 Å². The molecule has 1 heterocycles. The zero-order chi connectivity index (χ0) is 13.9. The van der Waals surface area contributed by atoms with Crippen LogP contribution < -0.4 is 5.32 Å². The third kappa shape index (κ3) is 2.83. The fourth-order valence-electron chi connectivity index (χ4n) is 2.93. The molecule has 0 bridgehead atoms. The Hall–Kier alpha value is -1.86. The van der Waals surface area contributed by atoms with Crippen molar-refractivity contribution >= 4 is 0 Å². The van der Waals surface area contributed by atoms with Crippen LogP contribution in [0.4, 0.5) is 0 Å². The molecule has 0 unspecified atom stereocenters. The summed E-state index contributed by atoms with van der Waals surface area (Å²) in [7, 11) is 0. The molecule has 3 rings (SSSR count). The van der Waals surface area contributed by atoms with E-state index in [2.05, 4.69) is 79.8 Å². The zero-order valence-electron chi connectivity index (χ0n) is 12.1. The first-order valence-electron chi connectivity index (χ1n) is 7.31. The van der Waals surface area contributed by atoms with E-state index in [0.29, 0.717) is 12.1 Å². The van der Waals surface area contributed by atoms with Gasteiger partial charge in [0.05, 0.1) is 0 Å². The quantitative estimate of drug-likeness (QED) is 0.818. The zero-order valence-corrected chi connectivity index (χ0v) is 12.1. The molecule has 0 radical (unpaired) electrons. The number of nitrogens with one attached hydrogen (secondary N) is 1. The highest BCUT2D eigenvalue weighted by atomic mass is 15.0. The summed E-state index contributed by atoms with van der Waals surface area (Å²) in [6, 6.07) is 20.5. The predicted molar refractivity (Wildman–Crippen MR) is 85.7 cm³/mol. The Labute approximate surface area is 121 Å². The van der Waals surface area contributed by atoms with Crippen molar-refractivity contribution in [2.24, 2.45) is 0 Å². The molecule has 0 aliphatic carbocycles. The van der Waals surface area contributed by atoms with Gasteiger partial charge in [-0.25, -0.2) is 0 Å². The van der Waals surface area contributed by atoms with Crippen molar-refractivity contribution in [3.05, 3.63) is 71.8 Å². The van der Waals surface area contributed by atoms with E-state index < -0.39 is 0 Å². The van der Waals surface area contributed by atoms with Gasteiger partial charge in [-0.05, 0) is 37.0 Å². The summed E-state index contributed by atoms with van der Waals surface area (Å²) < 4.78 is 0. The predicted octanol–water partition coefficient (Wildman–Crippen LogP) is 4.20. The van der Waals surface area contributed by atoms with Gasteiger partial charge in [-0.2, -0.15) is 0 Å². The summed E-state index contributed by atoms with van der Waals surface area (Å²) in [6.07, 6.45) is 3.39. The highest BCUT2D eigenvalue weighted by Crippen LogP contribution is 2.21. The van der Waals surface area contributed by atoms with Gasteiger partial charge in [-0.3, -0.25) is 0 Å². The van der Waals surface area contributed by atoms with Gasteiger partial charge < -0.3 is 5.32 Å². The first-order chi connectivity index (χ1) is 9.72. The van der Waals surface area contributed by atoms with Crippen molar-refractivity contribution in [1.29, 1.82) is 0 Å². The second-order valence-electron chi connectivity index (χ2n) is 5.69. The lowest BCUT2D eigenvalue weighted by atomic mass is 9.99. The molecule has 2 atom stereocenters. The van der Waals surface area contributed by atoms with E-state index in [4.69, 9.17) is 0 Å². The molecule has 102 valence electrons. The summed E-state index contributed by atoms with van der Waals surface area (Å²) in [5.41, 5.74) is 5.42. The Balaban J connectivity index is 1.73. The van der Waals surface area contributed by atoms with Gasteiger partial charge in [-0.1, -0.05) is 66.2 Å². The maximum Gasteiger partial charge on any atom is 0.0323 e. The van der Waals surface area contributed by atoms with E-state index in [-0.39, 0.29) is 0 Å². The van der Waals surface area contributed by atoms with Gasteiger partial charge >= 0.3 is 0 Å². The summed E-state index contributed by atoms with van der Waals surface area (Å²) in [4.78, 5) is 0. The minimum absolute atomic E-state index is 0.493. The molecular weight excluding hydrogens is 242 g/mol. The average Bonchev–Trinajstić information content (AvgIpc) is 2.79. The first-order valence-corrected chi connectivity index (χ1v) is 7.31. The second kappa shape index (κ2) is 5.64. The fourth-order valence-corrected chi connectivity index (χ4v) is 2.93. The van der Waals surface area contributed by atoms with Crippen LogP contribution >= 0.6 is 0 Å². The third-order valence-electron chi connectivity index (χ3n) is 4.03. The van der Waals surface area contributed by atoms with Gasteiger partial charge in [0.15, 0.2) is 0 Å². The van der Waals surface area contributed by atoms with Gasteiger partial charge in [0.2, 0.25) is 0 Å². The molecule has 0 fully saturated rings. The third-order valence-corrected chi connectivity index (χ3v) is 4.03. The molecule has 0 spiro atoms. The Kier molecular flexibility index (Phi) is 3.70. The smallest absolute Gasteiger partial charge is 0.0323 e. The van der Waals surface area contributed by atoms with E-state index in [1.165, 1.54) is 22.3 Å². The average molecular weight is 263 g/mol. The summed E-state index contributed by atoms with van der Waals surface area (Å²) in [6.45, 7) is 4.43. The number of rotatable bonds is 3. The minimum atomic E-state index is 0.493. The normalized spacial score (nSPS) is 21.8. The van der Waals surface area contributed by atoms with E-state index in [1.807, 2.05) is 0 Å². The summed E-state index contributed by atoms with van der Waals surface area (Å²) in [5, 5.41) is 3.61. The Bertz CT molecular complexity index is 595. The van der Waals surface area contributed by atoms with Crippen molar-refractivity contribution in [3.63, 3.8) is 0 Å². The molecule has 0 aromatic heterocycles. The van der Waals surface area contributed by atoms with Crippen molar-refractivity contribution in [2.75, 3.05) is 0 Å². The van der Waals surface area contributed by atoms with Crippen LogP contribution in [0.25, 0.3) is 11.1 Å². The molecule has 1 N–H and O–H groups in total. The van der Waals surface area contributed by atoms with Gasteiger partial charge in [-0.15, -0.1) is 0 Å². The van der Waals surface area contributed by atoms with E-state index in [9.17, 15) is 0 Å². The molecule has 1 aliphatic heterocycles. The van der Waals surface area contributed by atoms with Gasteiger partial charge in [0.25, 0.3) is 0 Å². The Morgan fingerprint density at radius 3 is 2.15 bits per heavy atom. The summed E-state index contributed by atoms with van der Waals surface area (Å²) >= 11 is 0.